The first kappa shape index (κ1) is 16.8. The highest BCUT2D eigenvalue weighted by molar-refractivity contribution is 5.92. The van der Waals surface area contributed by atoms with Crippen molar-refractivity contribution in [2.24, 2.45) is 0 Å². The van der Waals surface area contributed by atoms with Crippen molar-refractivity contribution in [3.63, 3.8) is 0 Å². The van der Waals surface area contributed by atoms with Gasteiger partial charge in [0, 0.05) is 17.0 Å². The molecule has 1 aromatic heterocycles. The van der Waals surface area contributed by atoms with Crippen LogP contribution in [0.25, 0.3) is 22.2 Å². The molecular formula is C22H17NO4. The fourth-order valence-corrected chi connectivity index (χ4v) is 2.86. The van der Waals surface area contributed by atoms with E-state index < -0.39 is 0 Å². The van der Waals surface area contributed by atoms with Crippen LogP contribution in [0, 0.1) is 0 Å². The van der Waals surface area contributed by atoms with Gasteiger partial charge in [-0.15, -0.1) is 0 Å². The van der Waals surface area contributed by atoms with Gasteiger partial charge in [-0.1, -0.05) is 47.6 Å². The van der Waals surface area contributed by atoms with Gasteiger partial charge in [0.2, 0.25) is 0 Å². The molecule has 0 N–H and O–H groups in total. The molecule has 3 aromatic carbocycles. The van der Waals surface area contributed by atoms with E-state index in [0.29, 0.717) is 11.3 Å². The summed E-state index contributed by atoms with van der Waals surface area (Å²) >= 11 is 0. The van der Waals surface area contributed by atoms with Crippen molar-refractivity contribution < 1.29 is 18.8 Å². The number of benzene rings is 3. The summed E-state index contributed by atoms with van der Waals surface area (Å²) in [5.74, 6) is 0.830. The Morgan fingerprint density at radius 1 is 0.963 bits per heavy atom. The quantitative estimate of drug-likeness (QED) is 0.383. The smallest absolute Gasteiger partial charge is 0.315 e. The Labute approximate surface area is 156 Å². The lowest BCUT2D eigenvalue weighted by molar-refractivity contribution is -0.133. The molecule has 0 saturated heterocycles. The normalized spacial score (nSPS) is 10.7. The molecule has 0 aliphatic rings. The summed E-state index contributed by atoms with van der Waals surface area (Å²) in [5.41, 5.74) is 3.17. The lowest BCUT2D eigenvalue weighted by Crippen LogP contribution is -2.11. The van der Waals surface area contributed by atoms with Crippen LogP contribution in [0.1, 0.15) is 5.56 Å². The van der Waals surface area contributed by atoms with Crippen molar-refractivity contribution >= 4 is 16.9 Å². The third kappa shape index (κ3) is 3.67. The average Bonchev–Trinajstić information content (AvgIpc) is 3.12. The van der Waals surface area contributed by atoms with E-state index in [1.54, 1.807) is 19.2 Å². The van der Waals surface area contributed by atoms with Crippen LogP contribution in [0.15, 0.2) is 77.3 Å². The van der Waals surface area contributed by atoms with E-state index in [0.717, 1.165) is 28.0 Å². The molecule has 0 amide bonds. The minimum atomic E-state index is -0.345. The minimum Gasteiger partial charge on any atom is -0.497 e. The predicted molar refractivity (Wildman–Crippen MR) is 102 cm³/mol. The molecule has 0 fully saturated rings. The lowest BCUT2D eigenvalue weighted by atomic mass is 10.1. The first-order valence-corrected chi connectivity index (χ1v) is 8.51. The van der Waals surface area contributed by atoms with Gasteiger partial charge >= 0.3 is 5.97 Å². The molecule has 0 aliphatic heterocycles. The molecule has 0 radical (unpaired) electrons. The SMILES string of the molecule is COc1ccc(CC(=O)Oc2ccc3c(-c4ccccc4)noc3c2)cc1. The number of carbonyl (C=O) groups excluding carboxylic acids is 1. The maximum atomic E-state index is 12.2. The third-order valence-electron chi connectivity index (χ3n) is 4.23. The molecule has 0 atom stereocenters. The van der Waals surface area contributed by atoms with Gasteiger partial charge in [0.1, 0.15) is 17.2 Å². The number of fused-ring (bicyclic) bond motifs is 1. The van der Waals surface area contributed by atoms with Crippen LogP contribution in [-0.2, 0) is 11.2 Å². The zero-order valence-corrected chi connectivity index (χ0v) is 14.7. The fourth-order valence-electron chi connectivity index (χ4n) is 2.86. The monoisotopic (exact) mass is 359 g/mol. The Balaban J connectivity index is 1.50. The zero-order chi connectivity index (χ0) is 18.6. The largest absolute Gasteiger partial charge is 0.497 e. The van der Waals surface area contributed by atoms with E-state index >= 15 is 0 Å². The second-order valence-electron chi connectivity index (χ2n) is 6.05. The van der Waals surface area contributed by atoms with E-state index in [1.165, 1.54) is 0 Å². The molecule has 0 aliphatic carbocycles. The summed E-state index contributed by atoms with van der Waals surface area (Å²) < 4.78 is 16.0. The molecule has 0 saturated carbocycles. The lowest BCUT2D eigenvalue weighted by Gasteiger charge is -2.05. The molecule has 4 aromatic rings. The van der Waals surface area contributed by atoms with Gasteiger partial charge in [-0.2, -0.15) is 0 Å². The Hall–Kier alpha value is -3.60. The molecular weight excluding hydrogens is 342 g/mol. The number of aromatic nitrogens is 1. The van der Waals surface area contributed by atoms with Gasteiger partial charge in [-0.3, -0.25) is 4.79 Å². The van der Waals surface area contributed by atoms with E-state index in [1.807, 2.05) is 60.7 Å². The summed E-state index contributed by atoms with van der Waals surface area (Å²) in [6.07, 6.45) is 0.174. The van der Waals surface area contributed by atoms with Crippen molar-refractivity contribution in [3.8, 4) is 22.8 Å². The number of ether oxygens (including phenoxy) is 2. The summed E-state index contributed by atoms with van der Waals surface area (Å²) in [7, 11) is 1.60. The molecule has 5 heteroatoms. The highest BCUT2D eigenvalue weighted by Crippen LogP contribution is 2.30. The summed E-state index contributed by atoms with van der Waals surface area (Å²) in [6, 6.07) is 22.4. The Bertz CT molecular complexity index is 1070. The van der Waals surface area contributed by atoms with E-state index in [9.17, 15) is 4.79 Å². The highest BCUT2D eigenvalue weighted by Gasteiger charge is 2.13. The van der Waals surface area contributed by atoms with Gasteiger partial charge in [-0.05, 0) is 29.8 Å². The third-order valence-corrected chi connectivity index (χ3v) is 4.23. The molecule has 5 nitrogen and oxygen atoms in total. The van der Waals surface area contributed by atoms with Crippen LogP contribution in [0.4, 0.5) is 0 Å². The Morgan fingerprint density at radius 3 is 2.44 bits per heavy atom. The van der Waals surface area contributed by atoms with Crippen molar-refractivity contribution in [2.45, 2.75) is 6.42 Å². The molecule has 27 heavy (non-hydrogen) atoms. The van der Waals surface area contributed by atoms with Crippen molar-refractivity contribution in [1.29, 1.82) is 0 Å². The molecule has 0 unspecified atom stereocenters. The van der Waals surface area contributed by atoms with Crippen LogP contribution < -0.4 is 9.47 Å². The van der Waals surface area contributed by atoms with Crippen LogP contribution >= 0.6 is 0 Å². The van der Waals surface area contributed by atoms with Gasteiger partial charge in [0.25, 0.3) is 0 Å². The molecule has 1 heterocycles. The Kier molecular flexibility index (Phi) is 4.58. The Morgan fingerprint density at radius 2 is 1.70 bits per heavy atom. The van der Waals surface area contributed by atoms with Crippen LogP contribution in [0.3, 0.4) is 0 Å². The zero-order valence-electron chi connectivity index (χ0n) is 14.7. The maximum Gasteiger partial charge on any atom is 0.315 e. The molecule has 0 bridgehead atoms. The van der Waals surface area contributed by atoms with Crippen molar-refractivity contribution in [3.05, 3.63) is 78.4 Å². The number of nitrogens with zero attached hydrogens (tertiary/aromatic N) is 1. The van der Waals surface area contributed by atoms with Gasteiger partial charge < -0.3 is 14.0 Å². The number of carbonyl (C=O) groups is 1. The fraction of sp³-hybridized carbons (Fsp3) is 0.0909. The summed E-state index contributed by atoms with van der Waals surface area (Å²) in [5, 5.41) is 5.01. The standard InChI is InChI=1S/C22H17NO4/c1-25-17-9-7-15(8-10-17)13-21(24)26-18-11-12-19-20(14-18)27-23-22(19)16-5-3-2-4-6-16/h2-12,14H,13H2,1H3. The minimum absolute atomic E-state index is 0.174. The first-order valence-electron chi connectivity index (χ1n) is 8.51. The van der Waals surface area contributed by atoms with E-state index in [4.69, 9.17) is 14.0 Å². The first-order chi connectivity index (χ1) is 13.2. The number of methoxy groups -OCH3 is 1. The van der Waals surface area contributed by atoms with Crippen LogP contribution in [-0.4, -0.2) is 18.2 Å². The van der Waals surface area contributed by atoms with E-state index in [-0.39, 0.29) is 12.4 Å². The van der Waals surface area contributed by atoms with Crippen molar-refractivity contribution in [2.75, 3.05) is 7.11 Å². The maximum absolute atomic E-state index is 12.2. The predicted octanol–water partition coefficient (Wildman–Crippen LogP) is 4.65. The van der Waals surface area contributed by atoms with Crippen LogP contribution in [0.5, 0.6) is 11.5 Å². The molecule has 4 rings (SSSR count). The average molecular weight is 359 g/mol. The van der Waals surface area contributed by atoms with E-state index in [2.05, 4.69) is 5.16 Å². The number of hydrogen-bond donors (Lipinski definition) is 0. The summed E-state index contributed by atoms with van der Waals surface area (Å²) in [4.78, 5) is 12.2. The van der Waals surface area contributed by atoms with Gasteiger partial charge in [0.15, 0.2) is 5.58 Å². The van der Waals surface area contributed by atoms with Crippen molar-refractivity contribution in [1.82, 2.24) is 5.16 Å². The highest BCUT2D eigenvalue weighted by atomic mass is 16.5. The second-order valence-corrected chi connectivity index (χ2v) is 6.05. The topological polar surface area (TPSA) is 61.6 Å². The van der Waals surface area contributed by atoms with Gasteiger partial charge in [-0.25, -0.2) is 0 Å². The second kappa shape index (κ2) is 7.33. The summed E-state index contributed by atoms with van der Waals surface area (Å²) in [6.45, 7) is 0. The number of esters is 1. The molecule has 134 valence electrons. The molecule has 0 spiro atoms. The number of rotatable bonds is 5. The van der Waals surface area contributed by atoms with Crippen LogP contribution in [0.2, 0.25) is 0 Å². The number of hydrogen-bond acceptors (Lipinski definition) is 5. The van der Waals surface area contributed by atoms with Gasteiger partial charge in [0.05, 0.1) is 13.5 Å².